The molecule has 0 radical (unpaired) electrons. The van der Waals surface area contributed by atoms with E-state index in [1.165, 1.54) is 7.05 Å². The molecule has 0 atom stereocenters. The van der Waals surface area contributed by atoms with Crippen molar-refractivity contribution in [1.29, 1.82) is 5.26 Å². The number of carboxylic acids is 1. The van der Waals surface area contributed by atoms with Gasteiger partial charge in [-0.15, -0.1) is 0 Å². The molecule has 0 saturated heterocycles. The molecule has 0 aliphatic heterocycles. The summed E-state index contributed by atoms with van der Waals surface area (Å²) in [5, 5.41) is 17.5. The highest BCUT2D eigenvalue weighted by molar-refractivity contribution is 7.88. The van der Waals surface area contributed by atoms with Crippen molar-refractivity contribution in [2.75, 3.05) is 13.6 Å². The van der Waals surface area contributed by atoms with Crippen molar-refractivity contribution in [3.05, 3.63) is 34.4 Å². The molecule has 0 saturated carbocycles. The molecule has 0 aliphatic rings. The topological polar surface area (TPSA) is 98.5 Å². The van der Waals surface area contributed by atoms with E-state index in [4.69, 9.17) is 10.4 Å². The summed E-state index contributed by atoms with van der Waals surface area (Å²) in [5.41, 5.74) is 2.48. The first-order valence-electron chi connectivity index (χ1n) is 5.83. The second-order valence-electron chi connectivity index (χ2n) is 4.61. The lowest BCUT2D eigenvalue weighted by Gasteiger charge is -2.17. The Morgan fingerprint density at radius 2 is 1.85 bits per heavy atom. The largest absolute Gasteiger partial charge is 0.480 e. The minimum Gasteiger partial charge on any atom is -0.480 e. The van der Waals surface area contributed by atoms with Gasteiger partial charge in [0.1, 0.15) is 6.54 Å². The van der Waals surface area contributed by atoms with Crippen LogP contribution in [0, 0.1) is 25.2 Å². The van der Waals surface area contributed by atoms with Crippen LogP contribution in [0.3, 0.4) is 0 Å². The molecule has 108 valence electrons. The van der Waals surface area contributed by atoms with Gasteiger partial charge in [0.25, 0.3) is 0 Å². The van der Waals surface area contributed by atoms with E-state index in [2.05, 4.69) is 0 Å². The summed E-state index contributed by atoms with van der Waals surface area (Å²) in [6, 6.07) is 5.25. The molecular weight excluding hydrogens is 280 g/mol. The number of carbonyl (C=O) groups is 1. The molecule has 1 aromatic rings. The predicted octanol–water partition coefficient (Wildman–Crippen LogP) is 1.02. The summed E-state index contributed by atoms with van der Waals surface area (Å²) >= 11 is 0. The fraction of sp³-hybridized carbons (Fsp3) is 0.385. The molecule has 20 heavy (non-hydrogen) atoms. The molecule has 0 aromatic heterocycles. The number of aryl methyl sites for hydroxylation is 2. The number of benzene rings is 1. The Bertz CT molecular complexity index is 651. The van der Waals surface area contributed by atoms with Crippen LogP contribution < -0.4 is 0 Å². The van der Waals surface area contributed by atoms with Crippen molar-refractivity contribution in [3.8, 4) is 6.07 Å². The summed E-state index contributed by atoms with van der Waals surface area (Å²) < 4.78 is 25.0. The third kappa shape index (κ3) is 3.79. The van der Waals surface area contributed by atoms with Gasteiger partial charge in [0.15, 0.2) is 0 Å². The molecule has 1 rings (SSSR count). The zero-order valence-electron chi connectivity index (χ0n) is 11.5. The smallest absolute Gasteiger partial charge is 0.318 e. The van der Waals surface area contributed by atoms with Crippen molar-refractivity contribution >= 4 is 16.0 Å². The second-order valence-corrected chi connectivity index (χ2v) is 6.68. The van der Waals surface area contributed by atoms with Gasteiger partial charge in [-0.1, -0.05) is 0 Å². The predicted molar refractivity (Wildman–Crippen MR) is 73.5 cm³/mol. The van der Waals surface area contributed by atoms with Gasteiger partial charge >= 0.3 is 5.97 Å². The highest BCUT2D eigenvalue weighted by atomic mass is 32.2. The molecule has 0 spiro atoms. The molecule has 0 amide bonds. The van der Waals surface area contributed by atoms with Crippen LogP contribution in [0.2, 0.25) is 0 Å². The molecule has 7 heteroatoms. The van der Waals surface area contributed by atoms with Crippen LogP contribution >= 0.6 is 0 Å². The van der Waals surface area contributed by atoms with E-state index in [-0.39, 0.29) is 5.75 Å². The summed E-state index contributed by atoms with van der Waals surface area (Å²) in [6.07, 6.45) is 0. The number of hydrogen-bond acceptors (Lipinski definition) is 4. The third-order valence-corrected chi connectivity index (χ3v) is 4.72. The lowest BCUT2D eigenvalue weighted by Crippen LogP contribution is -2.33. The first-order chi connectivity index (χ1) is 9.17. The van der Waals surface area contributed by atoms with Gasteiger partial charge in [-0.3, -0.25) is 4.79 Å². The Balaban J connectivity index is 3.11. The van der Waals surface area contributed by atoms with Crippen LogP contribution in [-0.2, 0) is 20.6 Å². The van der Waals surface area contributed by atoms with Crippen LogP contribution in [0.15, 0.2) is 12.1 Å². The Kier molecular flexibility index (Phi) is 4.87. The first-order valence-corrected chi connectivity index (χ1v) is 7.44. The number of likely N-dealkylation sites (N-methyl/N-ethyl adjacent to an activating group) is 1. The standard InChI is InChI=1S/C13H16N2O4S/c1-9-4-11(6-14)5-10(2)12(9)8-20(18,19)15(3)7-13(16)17/h4-5H,7-8H2,1-3H3,(H,16,17). The van der Waals surface area contributed by atoms with Gasteiger partial charge in [0.05, 0.1) is 17.4 Å². The fourth-order valence-electron chi connectivity index (χ4n) is 1.87. The Labute approximate surface area is 118 Å². The van der Waals surface area contributed by atoms with Gasteiger partial charge < -0.3 is 5.11 Å². The monoisotopic (exact) mass is 296 g/mol. The van der Waals surface area contributed by atoms with E-state index in [0.29, 0.717) is 22.3 Å². The van der Waals surface area contributed by atoms with Crippen molar-refractivity contribution < 1.29 is 18.3 Å². The maximum atomic E-state index is 12.1. The van der Waals surface area contributed by atoms with E-state index in [1.54, 1.807) is 26.0 Å². The van der Waals surface area contributed by atoms with Gasteiger partial charge in [-0.25, -0.2) is 8.42 Å². The van der Waals surface area contributed by atoms with E-state index in [1.807, 2.05) is 6.07 Å². The van der Waals surface area contributed by atoms with Gasteiger partial charge in [-0.05, 0) is 42.7 Å². The van der Waals surface area contributed by atoms with Crippen molar-refractivity contribution in [1.82, 2.24) is 4.31 Å². The summed E-state index contributed by atoms with van der Waals surface area (Å²) in [6.45, 7) is 2.89. The molecule has 0 fully saturated rings. The van der Waals surface area contributed by atoms with E-state index in [9.17, 15) is 13.2 Å². The maximum absolute atomic E-state index is 12.1. The zero-order chi connectivity index (χ0) is 15.5. The third-order valence-electron chi connectivity index (χ3n) is 2.98. The molecule has 1 aromatic carbocycles. The van der Waals surface area contributed by atoms with Crippen LogP contribution in [0.25, 0.3) is 0 Å². The molecule has 0 unspecified atom stereocenters. The number of carboxylic acid groups (broad SMARTS) is 1. The summed E-state index contributed by atoms with van der Waals surface area (Å²) in [7, 11) is -2.47. The summed E-state index contributed by atoms with van der Waals surface area (Å²) in [5.74, 6) is -1.48. The number of nitrogens with zero attached hydrogens (tertiary/aromatic N) is 2. The van der Waals surface area contributed by atoms with Crippen LogP contribution in [0.4, 0.5) is 0 Å². The van der Waals surface area contributed by atoms with Crippen LogP contribution in [0.1, 0.15) is 22.3 Å². The molecule has 1 N–H and O–H groups in total. The number of nitriles is 1. The van der Waals surface area contributed by atoms with Gasteiger partial charge in [0.2, 0.25) is 10.0 Å². The quantitative estimate of drug-likeness (QED) is 0.874. The molecule has 6 nitrogen and oxygen atoms in total. The average molecular weight is 296 g/mol. The molecule has 0 heterocycles. The highest BCUT2D eigenvalue weighted by Gasteiger charge is 2.22. The van der Waals surface area contributed by atoms with Crippen LogP contribution in [-0.4, -0.2) is 37.4 Å². The van der Waals surface area contributed by atoms with E-state index < -0.39 is 22.5 Å². The second kappa shape index (κ2) is 6.03. The summed E-state index contributed by atoms with van der Waals surface area (Å²) in [4.78, 5) is 10.6. The molecular formula is C13H16N2O4S. The minimum absolute atomic E-state index is 0.278. The Hall–Kier alpha value is -1.91. The van der Waals surface area contributed by atoms with Crippen molar-refractivity contribution in [3.63, 3.8) is 0 Å². The van der Waals surface area contributed by atoms with Gasteiger partial charge in [0, 0.05) is 7.05 Å². The highest BCUT2D eigenvalue weighted by Crippen LogP contribution is 2.20. The Morgan fingerprint density at radius 3 is 2.25 bits per heavy atom. The number of sulfonamides is 1. The molecule has 0 bridgehead atoms. The molecule has 0 aliphatic carbocycles. The fourth-order valence-corrected chi connectivity index (χ4v) is 3.21. The van der Waals surface area contributed by atoms with Gasteiger partial charge in [-0.2, -0.15) is 9.57 Å². The number of aliphatic carboxylic acids is 1. The maximum Gasteiger partial charge on any atom is 0.318 e. The number of rotatable bonds is 5. The van der Waals surface area contributed by atoms with Crippen molar-refractivity contribution in [2.45, 2.75) is 19.6 Å². The average Bonchev–Trinajstić information content (AvgIpc) is 2.32. The minimum atomic E-state index is -3.70. The van der Waals surface area contributed by atoms with Crippen LogP contribution in [0.5, 0.6) is 0 Å². The van der Waals surface area contributed by atoms with E-state index >= 15 is 0 Å². The normalized spacial score (nSPS) is 11.3. The number of hydrogen-bond donors (Lipinski definition) is 1. The zero-order valence-corrected chi connectivity index (χ0v) is 12.4. The lowest BCUT2D eigenvalue weighted by atomic mass is 10.0. The van der Waals surface area contributed by atoms with Crippen molar-refractivity contribution in [2.24, 2.45) is 0 Å². The lowest BCUT2D eigenvalue weighted by molar-refractivity contribution is -0.137. The Morgan fingerprint density at radius 1 is 1.35 bits per heavy atom. The van der Waals surface area contributed by atoms with E-state index in [0.717, 1.165) is 4.31 Å². The first kappa shape index (κ1) is 16.1. The SMILES string of the molecule is Cc1cc(C#N)cc(C)c1CS(=O)(=O)N(C)CC(=O)O.